The van der Waals surface area contributed by atoms with Gasteiger partial charge < -0.3 is 9.88 Å². The normalized spacial score (nSPS) is 10.8. The van der Waals surface area contributed by atoms with E-state index in [-0.39, 0.29) is 11.9 Å². The number of hydrogen-bond acceptors (Lipinski definition) is 4. The maximum absolute atomic E-state index is 12.0. The van der Waals surface area contributed by atoms with E-state index in [1.54, 1.807) is 6.07 Å². The van der Waals surface area contributed by atoms with Crippen LogP contribution < -0.4 is 5.32 Å². The number of amides is 1. The van der Waals surface area contributed by atoms with Crippen LogP contribution in [0.25, 0.3) is 0 Å². The Hall–Kier alpha value is -1.21. The minimum absolute atomic E-state index is 0.157. The molecule has 2 rings (SSSR count). The largest absolute Gasteiger partial charge is 0.340 e. The average molecular weight is 315 g/mol. The second kappa shape index (κ2) is 4.97. The van der Waals surface area contributed by atoms with E-state index in [0.29, 0.717) is 10.7 Å². The van der Waals surface area contributed by atoms with E-state index >= 15 is 0 Å². The van der Waals surface area contributed by atoms with E-state index in [1.807, 2.05) is 24.6 Å². The van der Waals surface area contributed by atoms with Crippen LogP contribution in [0.15, 0.2) is 22.9 Å². The number of rotatable bonds is 3. The lowest BCUT2D eigenvalue weighted by atomic mass is 10.3. The summed E-state index contributed by atoms with van der Waals surface area (Å²) in [6, 6.07) is 2.02. The van der Waals surface area contributed by atoms with Crippen molar-refractivity contribution in [3.63, 3.8) is 0 Å². The van der Waals surface area contributed by atoms with Gasteiger partial charge in [0.25, 0.3) is 5.91 Å². The lowest BCUT2D eigenvalue weighted by Gasteiger charge is -2.11. The predicted octanol–water partition coefficient (Wildman–Crippen LogP) is 2.94. The van der Waals surface area contributed by atoms with Gasteiger partial charge in [-0.25, -0.2) is 0 Å². The number of carbonyl (C=O) groups excluding carboxylic acids is 1. The van der Waals surface area contributed by atoms with Crippen molar-refractivity contribution in [3.05, 3.63) is 28.6 Å². The van der Waals surface area contributed by atoms with Gasteiger partial charge in [-0.3, -0.25) is 4.79 Å². The van der Waals surface area contributed by atoms with Gasteiger partial charge in [-0.15, -0.1) is 5.10 Å². The molecule has 0 saturated carbocycles. The Labute approximate surface area is 111 Å². The molecule has 0 spiro atoms. The Kier molecular flexibility index (Phi) is 3.58. The van der Waals surface area contributed by atoms with Crippen molar-refractivity contribution in [1.82, 2.24) is 14.2 Å². The Morgan fingerprint density at radius 3 is 2.94 bits per heavy atom. The molecular weight excluding hydrogens is 304 g/mol. The van der Waals surface area contributed by atoms with Gasteiger partial charge in [0.1, 0.15) is 10.7 Å². The Balaban J connectivity index is 2.24. The first kappa shape index (κ1) is 12.3. The lowest BCUT2D eigenvalue weighted by Crippen LogP contribution is -2.17. The van der Waals surface area contributed by atoms with Crippen LogP contribution in [0.4, 0.5) is 5.00 Å². The quantitative estimate of drug-likeness (QED) is 0.947. The van der Waals surface area contributed by atoms with Gasteiger partial charge in [-0.05, 0) is 35.8 Å². The van der Waals surface area contributed by atoms with Gasteiger partial charge in [0.2, 0.25) is 0 Å². The van der Waals surface area contributed by atoms with Crippen LogP contribution >= 0.6 is 27.5 Å². The van der Waals surface area contributed by atoms with Crippen LogP contribution in [0.5, 0.6) is 0 Å². The molecule has 2 aromatic rings. The number of carbonyl (C=O) groups is 1. The zero-order valence-electron chi connectivity index (χ0n) is 9.35. The third-order valence-electron chi connectivity index (χ3n) is 2.20. The molecule has 90 valence electrons. The highest BCUT2D eigenvalue weighted by Crippen LogP contribution is 2.21. The number of nitrogens with one attached hydrogen (secondary N) is 1. The molecule has 0 bridgehead atoms. The minimum Gasteiger partial charge on any atom is -0.340 e. The Morgan fingerprint density at radius 1 is 1.59 bits per heavy atom. The number of anilines is 1. The first-order valence-electron chi connectivity index (χ1n) is 5.04. The smallest absolute Gasteiger partial charge is 0.273 e. The summed E-state index contributed by atoms with van der Waals surface area (Å²) >= 11 is 4.53. The summed E-state index contributed by atoms with van der Waals surface area (Å²) in [4.78, 5) is 12.0. The average Bonchev–Trinajstić information content (AvgIpc) is 2.86. The number of hydrogen-bond donors (Lipinski definition) is 1. The summed E-state index contributed by atoms with van der Waals surface area (Å²) in [6.45, 7) is 4.05. The van der Waals surface area contributed by atoms with Gasteiger partial charge in [0, 0.05) is 28.2 Å². The number of aromatic nitrogens is 3. The SMILES string of the molecule is CC(C)n1cc(Br)cc1C(=O)Nc1cnns1. The highest BCUT2D eigenvalue weighted by atomic mass is 79.9. The van der Waals surface area contributed by atoms with E-state index in [2.05, 4.69) is 30.8 Å². The van der Waals surface area contributed by atoms with E-state index in [0.717, 1.165) is 16.0 Å². The van der Waals surface area contributed by atoms with Crippen molar-refractivity contribution in [1.29, 1.82) is 0 Å². The van der Waals surface area contributed by atoms with Crippen molar-refractivity contribution >= 4 is 38.4 Å². The van der Waals surface area contributed by atoms with Crippen LogP contribution in [0.1, 0.15) is 30.4 Å². The molecule has 5 nitrogen and oxygen atoms in total. The number of nitrogens with zero attached hydrogens (tertiary/aromatic N) is 3. The maximum Gasteiger partial charge on any atom is 0.273 e. The van der Waals surface area contributed by atoms with E-state index in [9.17, 15) is 4.79 Å². The van der Waals surface area contributed by atoms with Crippen LogP contribution in [-0.4, -0.2) is 20.1 Å². The fourth-order valence-electron chi connectivity index (χ4n) is 1.45. The summed E-state index contributed by atoms with van der Waals surface area (Å²) in [5.74, 6) is -0.157. The van der Waals surface area contributed by atoms with E-state index in [4.69, 9.17) is 0 Å². The second-order valence-electron chi connectivity index (χ2n) is 3.78. The molecule has 0 saturated heterocycles. The number of halogens is 1. The maximum atomic E-state index is 12.0. The van der Waals surface area contributed by atoms with Crippen molar-refractivity contribution in [2.75, 3.05) is 5.32 Å². The van der Waals surface area contributed by atoms with Crippen LogP contribution in [0.3, 0.4) is 0 Å². The molecule has 2 aromatic heterocycles. The Bertz CT molecular complexity index is 520. The molecule has 0 aliphatic rings. The van der Waals surface area contributed by atoms with Crippen LogP contribution in [0.2, 0.25) is 0 Å². The predicted molar refractivity (Wildman–Crippen MR) is 70.4 cm³/mol. The molecular formula is C10H11BrN4OS. The molecule has 0 aliphatic heterocycles. The fraction of sp³-hybridized carbons (Fsp3) is 0.300. The molecule has 0 aliphatic carbocycles. The summed E-state index contributed by atoms with van der Waals surface area (Å²) in [7, 11) is 0. The highest BCUT2D eigenvalue weighted by Gasteiger charge is 2.15. The summed E-state index contributed by atoms with van der Waals surface area (Å²) in [5, 5.41) is 7.07. The van der Waals surface area contributed by atoms with E-state index < -0.39 is 0 Å². The first-order valence-corrected chi connectivity index (χ1v) is 6.60. The third kappa shape index (κ3) is 2.73. The summed E-state index contributed by atoms with van der Waals surface area (Å²) in [6.07, 6.45) is 3.42. The summed E-state index contributed by atoms with van der Waals surface area (Å²) < 4.78 is 6.49. The molecule has 7 heteroatoms. The van der Waals surface area contributed by atoms with Crippen LogP contribution in [-0.2, 0) is 0 Å². The lowest BCUT2D eigenvalue weighted by molar-refractivity contribution is 0.101. The molecule has 0 fully saturated rings. The standard InChI is InChI=1S/C10H11BrN4OS/c1-6(2)15-5-7(11)3-8(15)10(16)13-9-4-12-14-17-9/h3-6H,1-2H3,(H,13,16). The third-order valence-corrected chi connectivity index (χ3v) is 3.22. The fourth-order valence-corrected chi connectivity index (χ4v) is 2.31. The molecule has 0 atom stereocenters. The van der Waals surface area contributed by atoms with Gasteiger partial charge in [-0.1, -0.05) is 4.49 Å². The van der Waals surface area contributed by atoms with E-state index in [1.165, 1.54) is 6.20 Å². The first-order chi connectivity index (χ1) is 8.08. The van der Waals surface area contributed by atoms with Gasteiger partial charge in [0.15, 0.2) is 0 Å². The Morgan fingerprint density at radius 2 is 2.35 bits per heavy atom. The molecule has 2 heterocycles. The molecule has 0 aromatic carbocycles. The van der Waals surface area contributed by atoms with Gasteiger partial charge in [0.05, 0.1) is 6.20 Å². The molecule has 1 amide bonds. The highest BCUT2D eigenvalue weighted by molar-refractivity contribution is 9.10. The minimum atomic E-state index is -0.157. The summed E-state index contributed by atoms with van der Waals surface area (Å²) in [5.41, 5.74) is 0.611. The molecule has 0 radical (unpaired) electrons. The van der Waals surface area contributed by atoms with Crippen molar-refractivity contribution in [3.8, 4) is 0 Å². The molecule has 0 unspecified atom stereocenters. The van der Waals surface area contributed by atoms with Crippen molar-refractivity contribution in [2.45, 2.75) is 19.9 Å². The van der Waals surface area contributed by atoms with Gasteiger partial charge >= 0.3 is 0 Å². The molecule has 17 heavy (non-hydrogen) atoms. The molecule has 1 N–H and O–H groups in total. The zero-order valence-corrected chi connectivity index (χ0v) is 11.7. The zero-order chi connectivity index (χ0) is 12.4. The van der Waals surface area contributed by atoms with Crippen LogP contribution in [0, 0.1) is 0 Å². The van der Waals surface area contributed by atoms with Gasteiger partial charge in [-0.2, -0.15) is 0 Å². The monoisotopic (exact) mass is 314 g/mol. The van der Waals surface area contributed by atoms with Crippen molar-refractivity contribution < 1.29 is 4.79 Å². The van der Waals surface area contributed by atoms with Crippen molar-refractivity contribution in [2.24, 2.45) is 0 Å². The second-order valence-corrected chi connectivity index (χ2v) is 5.48. The topological polar surface area (TPSA) is 59.8 Å².